The fourth-order valence-electron chi connectivity index (χ4n) is 2.84. The predicted molar refractivity (Wildman–Crippen MR) is 86.3 cm³/mol. The van der Waals surface area contributed by atoms with Crippen LogP contribution >= 0.6 is 11.3 Å². The highest BCUT2D eigenvalue weighted by Gasteiger charge is 2.29. The van der Waals surface area contributed by atoms with Gasteiger partial charge in [0.25, 0.3) is 0 Å². The van der Waals surface area contributed by atoms with Crippen molar-refractivity contribution < 1.29 is 9.90 Å². The summed E-state index contributed by atoms with van der Waals surface area (Å²) in [5.41, 5.74) is 1.20. The van der Waals surface area contributed by atoms with Gasteiger partial charge in [-0.25, -0.2) is 0 Å². The van der Waals surface area contributed by atoms with Gasteiger partial charge in [0.2, 0.25) is 5.91 Å². The van der Waals surface area contributed by atoms with Crippen molar-refractivity contribution in [2.24, 2.45) is 5.92 Å². The number of aliphatic hydroxyl groups excluding tert-OH is 1. The lowest BCUT2D eigenvalue weighted by Crippen LogP contribution is -2.41. The molecule has 1 aromatic rings. The molecule has 0 aliphatic heterocycles. The maximum atomic E-state index is 12.8. The summed E-state index contributed by atoms with van der Waals surface area (Å²) in [7, 11) is 4.05. The van der Waals surface area contributed by atoms with Gasteiger partial charge in [-0.3, -0.25) is 4.79 Å². The van der Waals surface area contributed by atoms with E-state index in [0.29, 0.717) is 13.0 Å². The first-order valence-corrected chi connectivity index (χ1v) is 8.63. The largest absolute Gasteiger partial charge is 0.393 e. The number of hydrogen-bond donors (Lipinski definition) is 1. The molecule has 0 spiro atoms. The number of aliphatic hydroxyl groups is 1. The lowest BCUT2D eigenvalue weighted by molar-refractivity contribution is -0.138. The van der Waals surface area contributed by atoms with Gasteiger partial charge in [0.05, 0.1) is 6.10 Å². The third kappa shape index (κ3) is 5.09. The van der Waals surface area contributed by atoms with E-state index < -0.39 is 0 Å². The zero-order valence-corrected chi connectivity index (χ0v) is 13.8. The molecule has 1 N–H and O–H groups in total. The molecule has 1 aliphatic rings. The zero-order valence-electron chi connectivity index (χ0n) is 13.0. The molecule has 4 nitrogen and oxygen atoms in total. The molecule has 0 bridgehead atoms. The van der Waals surface area contributed by atoms with Crippen LogP contribution in [0, 0.1) is 5.92 Å². The Kier molecular flexibility index (Phi) is 6.21. The van der Waals surface area contributed by atoms with Gasteiger partial charge in [0.1, 0.15) is 0 Å². The monoisotopic (exact) mass is 310 g/mol. The van der Waals surface area contributed by atoms with Crippen LogP contribution in [-0.4, -0.2) is 54.1 Å². The SMILES string of the molecule is CN(C)CCN(Cc1ccsc1)C(=O)[C@H]1CCC[C@H](O)C1. The summed E-state index contributed by atoms with van der Waals surface area (Å²) in [5, 5.41) is 14.0. The third-order valence-corrected chi connectivity index (χ3v) is 4.81. The van der Waals surface area contributed by atoms with Crippen LogP contribution in [0.15, 0.2) is 16.8 Å². The molecule has 5 heteroatoms. The van der Waals surface area contributed by atoms with Crippen molar-refractivity contribution in [1.29, 1.82) is 0 Å². The fraction of sp³-hybridized carbons (Fsp3) is 0.688. The minimum atomic E-state index is -0.301. The molecular formula is C16H26N2O2S. The molecule has 1 heterocycles. The summed E-state index contributed by atoms with van der Waals surface area (Å²) in [6.45, 7) is 2.29. The average molecular weight is 310 g/mol. The lowest BCUT2D eigenvalue weighted by Gasteiger charge is -2.31. The Morgan fingerprint density at radius 3 is 2.81 bits per heavy atom. The van der Waals surface area contributed by atoms with Crippen molar-refractivity contribution >= 4 is 17.2 Å². The van der Waals surface area contributed by atoms with Crippen molar-refractivity contribution in [2.45, 2.75) is 38.3 Å². The first kappa shape index (κ1) is 16.5. The maximum Gasteiger partial charge on any atom is 0.226 e. The van der Waals surface area contributed by atoms with Gasteiger partial charge < -0.3 is 14.9 Å². The zero-order chi connectivity index (χ0) is 15.2. The Balaban J connectivity index is 2.00. The number of amides is 1. The Bertz CT molecular complexity index is 433. The standard InChI is InChI=1S/C16H26N2O2S/c1-17(2)7-8-18(11-13-6-9-21-12-13)16(20)14-4-3-5-15(19)10-14/h6,9,12,14-15,19H,3-5,7-8,10-11H2,1-2H3/t14-,15-/m0/s1. The van der Waals surface area contributed by atoms with Crippen LogP contribution in [0.1, 0.15) is 31.2 Å². The summed E-state index contributed by atoms with van der Waals surface area (Å²) >= 11 is 1.67. The second-order valence-electron chi connectivity index (χ2n) is 6.21. The Hall–Kier alpha value is -0.910. The summed E-state index contributed by atoms with van der Waals surface area (Å²) in [5.74, 6) is 0.205. The van der Waals surface area contributed by atoms with E-state index >= 15 is 0 Å². The number of hydrogen-bond acceptors (Lipinski definition) is 4. The summed E-state index contributed by atoms with van der Waals surface area (Å²) in [6, 6.07) is 2.08. The number of likely N-dealkylation sites (N-methyl/N-ethyl adjacent to an activating group) is 1. The molecule has 1 aromatic heterocycles. The first-order valence-electron chi connectivity index (χ1n) is 7.69. The second-order valence-corrected chi connectivity index (χ2v) is 6.99. The van der Waals surface area contributed by atoms with E-state index in [1.165, 1.54) is 5.56 Å². The smallest absolute Gasteiger partial charge is 0.226 e. The van der Waals surface area contributed by atoms with Crippen molar-refractivity contribution in [1.82, 2.24) is 9.80 Å². The Labute approximate surface area is 131 Å². The van der Waals surface area contributed by atoms with Crippen molar-refractivity contribution in [3.8, 4) is 0 Å². The van der Waals surface area contributed by atoms with Gasteiger partial charge in [0.15, 0.2) is 0 Å². The molecule has 0 saturated heterocycles. The molecule has 1 aliphatic carbocycles. The molecule has 1 fully saturated rings. The van der Waals surface area contributed by atoms with Crippen LogP contribution < -0.4 is 0 Å². The lowest BCUT2D eigenvalue weighted by atomic mass is 9.86. The van der Waals surface area contributed by atoms with Gasteiger partial charge in [-0.1, -0.05) is 6.42 Å². The van der Waals surface area contributed by atoms with Crippen molar-refractivity contribution in [3.05, 3.63) is 22.4 Å². The first-order chi connectivity index (χ1) is 10.1. The fourth-order valence-corrected chi connectivity index (χ4v) is 3.50. The van der Waals surface area contributed by atoms with E-state index in [9.17, 15) is 9.90 Å². The molecule has 2 rings (SSSR count). The molecule has 2 atom stereocenters. The molecule has 0 unspecified atom stereocenters. The molecule has 0 radical (unpaired) electrons. The Morgan fingerprint density at radius 1 is 1.38 bits per heavy atom. The minimum absolute atomic E-state index is 0.00505. The number of rotatable bonds is 6. The van der Waals surface area contributed by atoms with Crippen LogP contribution in [-0.2, 0) is 11.3 Å². The average Bonchev–Trinajstić information content (AvgIpc) is 2.95. The summed E-state index contributed by atoms with van der Waals surface area (Å²) in [4.78, 5) is 16.8. The van der Waals surface area contributed by atoms with Crippen LogP contribution in [0.2, 0.25) is 0 Å². The van der Waals surface area contributed by atoms with Gasteiger partial charge in [0, 0.05) is 25.6 Å². The van der Waals surface area contributed by atoms with Crippen molar-refractivity contribution in [3.63, 3.8) is 0 Å². The quantitative estimate of drug-likeness (QED) is 0.876. The van der Waals surface area contributed by atoms with E-state index in [4.69, 9.17) is 0 Å². The van der Waals surface area contributed by atoms with E-state index in [-0.39, 0.29) is 17.9 Å². The van der Waals surface area contributed by atoms with Gasteiger partial charge in [-0.15, -0.1) is 0 Å². The second kappa shape index (κ2) is 7.92. The molecule has 21 heavy (non-hydrogen) atoms. The molecule has 1 amide bonds. The van der Waals surface area contributed by atoms with Crippen LogP contribution in [0.25, 0.3) is 0 Å². The normalized spacial score (nSPS) is 22.5. The van der Waals surface area contributed by atoms with E-state index in [2.05, 4.69) is 16.3 Å². The van der Waals surface area contributed by atoms with Gasteiger partial charge >= 0.3 is 0 Å². The molecular weight excluding hydrogens is 284 g/mol. The van der Waals surface area contributed by atoms with Crippen LogP contribution in [0.4, 0.5) is 0 Å². The van der Waals surface area contributed by atoms with E-state index in [1.54, 1.807) is 11.3 Å². The number of thiophene rings is 1. The van der Waals surface area contributed by atoms with Gasteiger partial charge in [-0.2, -0.15) is 11.3 Å². The summed E-state index contributed by atoms with van der Waals surface area (Å²) in [6.07, 6.45) is 3.03. The van der Waals surface area contributed by atoms with Crippen LogP contribution in [0.3, 0.4) is 0 Å². The topological polar surface area (TPSA) is 43.8 Å². The van der Waals surface area contributed by atoms with E-state index in [1.807, 2.05) is 24.4 Å². The number of carbonyl (C=O) groups is 1. The predicted octanol–water partition coefficient (Wildman–Crippen LogP) is 2.19. The highest BCUT2D eigenvalue weighted by molar-refractivity contribution is 7.07. The van der Waals surface area contributed by atoms with E-state index in [0.717, 1.165) is 32.4 Å². The highest BCUT2D eigenvalue weighted by atomic mass is 32.1. The Morgan fingerprint density at radius 2 is 2.19 bits per heavy atom. The molecule has 118 valence electrons. The molecule has 0 aromatic carbocycles. The van der Waals surface area contributed by atoms with Crippen LogP contribution in [0.5, 0.6) is 0 Å². The molecule has 1 saturated carbocycles. The number of nitrogens with zero attached hydrogens (tertiary/aromatic N) is 2. The third-order valence-electron chi connectivity index (χ3n) is 4.08. The number of carbonyl (C=O) groups excluding carboxylic acids is 1. The van der Waals surface area contributed by atoms with Gasteiger partial charge in [-0.05, 0) is 55.7 Å². The summed E-state index contributed by atoms with van der Waals surface area (Å²) < 4.78 is 0. The van der Waals surface area contributed by atoms with Crippen molar-refractivity contribution in [2.75, 3.05) is 27.2 Å². The maximum absolute atomic E-state index is 12.8. The minimum Gasteiger partial charge on any atom is -0.393 e. The highest BCUT2D eigenvalue weighted by Crippen LogP contribution is 2.26.